The van der Waals surface area contributed by atoms with Crippen LogP contribution in [0.25, 0.3) is 0 Å². The van der Waals surface area contributed by atoms with Crippen molar-refractivity contribution in [1.82, 2.24) is 9.99 Å². The molecule has 0 atom stereocenters. The van der Waals surface area contributed by atoms with E-state index in [-0.39, 0.29) is 24.0 Å². The number of carbonyl (C=O) groups is 1. The lowest BCUT2D eigenvalue weighted by atomic mass is 10.1. The van der Waals surface area contributed by atoms with E-state index in [1.54, 1.807) is 25.2 Å². The molecular weight excluding hydrogens is 408 g/mol. The fourth-order valence-electron chi connectivity index (χ4n) is 2.60. The zero-order valence-electron chi connectivity index (χ0n) is 19.1. The first-order chi connectivity index (χ1) is 15.2. The maximum atomic E-state index is 12.1. The van der Waals surface area contributed by atoms with E-state index in [1.165, 1.54) is 0 Å². The molecule has 0 aliphatic carbocycles. The number of anilines is 1. The van der Waals surface area contributed by atoms with Crippen LogP contribution in [-0.4, -0.2) is 46.7 Å². The second-order valence-corrected chi connectivity index (χ2v) is 8.17. The normalized spacial score (nSPS) is 11.7. The van der Waals surface area contributed by atoms with Crippen molar-refractivity contribution < 1.29 is 14.4 Å². The molecule has 9 nitrogen and oxygen atoms in total. The topological polar surface area (TPSA) is 126 Å². The molecule has 0 radical (unpaired) electrons. The summed E-state index contributed by atoms with van der Waals surface area (Å²) in [6.07, 6.45) is 0.975. The molecule has 4 N–H and O–H groups in total. The van der Waals surface area contributed by atoms with Gasteiger partial charge in [0, 0.05) is 25.6 Å². The standard InChI is InChI=1S/C23H32N6O3/c1-23(2,3)31-15-9-14-20(30)27-19-13-8-12-18(26-19)16-32-28-21(22(24)29(4)25)17-10-6-5-7-11-17/h5-8,10-13,24H,9,14-16,25H2,1-4H3,(H,26,27,30). The number of hydrogen-bond acceptors (Lipinski definition) is 7. The molecule has 0 aliphatic rings. The molecule has 1 amide bonds. The Bertz CT molecular complexity index is 923. The molecule has 0 spiro atoms. The molecule has 32 heavy (non-hydrogen) atoms. The summed E-state index contributed by atoms with van der Waals surface area (Å²) in [7, 11) is 1.56. The van der Waals surface area contributed by atoms with Gasteiger partial charge in [0.05, 0.1) is 11.3 Å². The van der Waals surface area contributed by atoms with Crippen LogP contribution in [0.1, 0.15) is 44.9 Å². The number of oxime groups is 1. The summed E-state index contributed by atoms with van der Waals surface area (Å²) in [6.45, 7) is 6.53. The van der Waals surface area contributed by atoms with Gasteiger partial charge in [0.2, 0.25) is 5.91 Å². The number of nitrogens with zero attached hydrogens (tertiary/aromatic N) is 3. The highest BCUT2D eigenvalue weighted by molar-refractivity contribution is 6.46. The first-order valence-electron chi connectivity index (χ1n) is 10.4. The van der Waals surface area contributed by atoms with Crippen LogP contribution in [0.15, 0.2) is 53.7 Å². The number of nitrogens with two attached hydrogens (primary N) is 1. The summed E-state index contributed by atoms with van der Waals surface area (Å²) in [6, 6.07) is 14.5. The largest absolute Gasteiger partial charge is 0.389 e. The lowest BCUT2D eigenvalue weighted by molar-refractivity contribution is -0.116. The highest BCUT2D eigenvalue weighted by Gasteiger charge is 2.14. The second kappa shape index (κ2) is 11.9. The SMILES string of the molecule is CN(N)C(=N)C(=NOCc1cccc(NC(=O)CCCOC(C)(C)C)n1)c1ccccc1. The number of hydrogen-bond donors (Lipinski definition) is 3. The number of carbonyl (C=O) groups excluding carboxylic acids is 1. The van der Waals surface area contributed by atoms with Gasteiger partial charge in [-0.2, -0.15) is 0 Å². The Balaban J connectivity index is 1.94. The zero-order valence-corrected chi connectivity index (χ0v) is 19.1. The van der Waals surface area contributed by atoms with E-state index in [0.29, 0.717) is 42.2 Å². The van der Waals surface area contributed by atoms with Crippen LogP contribution in [0.2, 0.25) is 0 Å². The van der Waals surface area contributed by atoms with Crippen LogP contribution >= 0.6 is 0 Å². The molecule has 9 heteroatoms. The Morgan fingerprint density at radius 1 is 1.19 bits per heavy atom. The lowest BCUT2D eigenvalue weighted by Gasteiger charge is -2.19. The van der Waals surface area contributed by atoms with Crippen LogP contribution in [0.4, 0.5) is 5.82 Å². The van der Waals surface area contributed by atoms with E-state index in [4.69, 9.17) is 20.8 Å². The molecule has 0 bridgehead atoms. The predicted molar refractivity (Wildman–Crippen MR) is 125 cm³/mol. The number of rotatable bonds is 10. The van der Waals surface area contributed by atoms with Gasteiger partial charge >= 0.3 is 0 Å². The summed E-state index contributed by atoms with van der Waals surface area (Å²) in [4.78, 5) is 22.0. The van der Waals surface area contributed by atoms with Gasteiger partial charge in [0.15, 0.2) is 18.2 Å². The average molecular weight is 441 g/mol. The molecule has 0 saturated carbocycles. The second-order valence-electron chi connectivity index (χ2n) is 8.17. The molecule has 2 aromatic rings. The monoisotopic (exact) mass is 440 g/mol. The third-order valence-corrected chi connectivity index (χ3v) is 4.15. The Labute approximate surface area is 189 Å². The van der Waals surface area contributed by atoms with E-state index in [2.05, 4.69) is 15.5 Å². The number of pyridine rings is 1. The van der Waals surface area contributed by atoms with Crippen LogP contribution < -0.4 is 11.2 Å². The number of hydrazine groups is 1. The molecule has 0 fully saturated rings. The van der Waals surface area contributed by atoms with Crippen LogP contribution in [0.3, 0.4) is 0 Å². The number of ether oxygens (including phenoxy) is 1. The first kappa shape index (κ1) is 25.0. The van der Waals surface area contributed by atoms with Gasteiger partial charge in [-0.1, -0.05) is 41.6 Å². The van der Waals surface area contributed by atoms with Crippen LogP contribution in [0.5, 0.6) is 0 Å². The number of amides is 1. The molecule has 0 unspecified atom stereocenters. The van der Waals surface area contributed by atoms with Crippen molar-refractivity contribution in [3.05, 3.63) is 59.8 Å². The third kappa shape index (κ3) is 8.83. The number of likely N-dealkylation sites (N-methyl/N-ethyl adjacent to an activating group) is 1. The summed E-state index contributed by atoms with van der Waals surface area (Å²) < 4.78 is 5.63. The molecule has 0 aliphatic heterocycles. The molecular formula is C23H32N6O3. The minimum absolute atomic E-state index is 0.0145. The Kier molecular flexibility index (Phi) is 9.30. The highest BCUT2D eigenvalue weighted by atomic mass is 16.6. The zero-order chi connectivity index (χ0) is 23.6. The fourth-order valence-corrected chi connectivity index (χ4v) is 2.60. The minimum Gasteiger partial charge on any atom is -0.389 e. The van der Waals surface area contributed by atoms with Crippen molar-refractivity contribution in [2.45, 2.75) is 45.8 Å². The van der Waals surface area contributed by atoms with Gasteiger partial charge in [-0.05, 0) is 39.3 Å². The van der Waals surface area contributed by atoms with Gasteiger partial charge in [-0.3, -0.25) is 15.2 Å². The van der Waals surface area contributed by atoms with E-state index in [0.717, 1.165) is 5.01 Å². The van der Waals surface area contributed by atoms with E-state index in [1.807, 2.05) is 51.1 Å². The third-order valence-electron chi connectivity index (χ3n) is 4.15. The smallest absolute Gasteiger partial charge is 0.225 e. The first-order valence-corrected chi connectivity index (χ1v) is 10.4. The van der Waals surface area contributed by atoms with Gasteiger partial charge < -0.3 is 14.9 Å². The van der Waals surface area contributed by atoms with Crippen molar-refractivity contribution in [1.29, 1.82) is 5.41 Å². The summed E-state index contributed by atoms with van der Waals surface area (Å²) in [5, 5.41) is 16.2. The maximum absolute atomic E-state index is 12.1. The average Bonchev–Trinajstić information content (AvgIpc) is 2.74. The highest BCUT2D eigenvalue weighted by Crippen LogP contribution is 2.10. The van der Waals surface area contributed by atoms with E-state index in [9.17, 15) is 4.79 Å². The van der Waals surface area contributed by atoms with Crippen molar-refractivity contribution in [3.63, 3.8) is 0 Å². The maximum Gasteiger partial charge on any atom is 0.225 e. The lowest BCUT2D eigenvalue weighted by Crippen LogP contribution is -2.38. The van der Waals surface area contributed by atoms with Crippen molar-refractivity contribution in [3.8, 4) is 0 Å². The Morgan fingerprint density at radius 2 is 1.91 bits per heavy atom. The number of nitrogens with one attached hydrogen (secondary N) is 2. The molecule has 1 heterocycles. The number of benzene rings is 1. The van der Waals surface area contributed by atoms with Crippen molar-refractivity contribution in [2.24, 2.45) is 11.0 Å². The summed E-state index contributed by atoms with van der Waals surface area (Å²) in [5.74, 6) is 6.03. The molecule has 2 rings (SSSR count). The Hall–Kier alpha value is -3.30. The van der Waals surface area contributed by atoms with Crippen molar-refractivity contribution >= 4 is 23.3 Å². The van der Waals surface area contributed by atoms with Gasteiger partial charge in [0.1, 0.15) is 5.82 Å². The molecule has 172 valence electrons. The van der Waals surface area contributed by atoms with Crippen LogP contribution in [-0.2, 0) is 21.0 Å². The van der Waals surface area contributed by atoms with E-state index >= 15 is 0 Å². The predicted octanol–water partition coefficient (Wildman–Crippen LogP) is 3.32. The van der Waals surface area contributed by atoms with Gasteiger partial charge in [-0.15, -0.1) is 0 Å². The van der Waals surface area contributed by atoms with E-state index < -0.39 is 0 Å². The minimum atomic E-state index is -0.215. The number of aromatic nitrogens is 1. The Morgan fingerprint density at radius 3 is 2.56 bits per heavy atom. The molecule has 1 aromatic heterocycles. The van der Waals surface area contributed by atoms with Crippen LogP contribution in [0, 0.1) is 5.41 Å². The van der Waals surface area contributed by atoms with Crippen molar-refractivity contribution in [2.75, 3.05) is 19.0 Å². The summed E-state index contributed by atoms with van der Waals surface area (Å²) in [5.41, 5.74) is 1.38. The van der Waals surface area contributed by atoms with Gasteiger partial charge in [0.25, 0.3) is 0 Å². The number of amidine groups is 1. The summed E-state index contributed by atoms with van der Waals surface area (Å²) >= 11 is 0. The van der Waals surface area contributed by atoms with Gasteiger partial charge in [-0.25, -0.2) is 10.8 Å². The molecule has 1 aromatic carbocycles. The molecule has 0 saturated heterocycles. The quantitative estimate of drug-likeness (QED) is 0.171. The fraction of sp³-hybridized carbons (Fsp3) is 0.391.